The van der Waals surface area contributed by atoms with Gasteiger partial charge in [0, 0.05) is 6.42 Å². The van der Waals surface area contributed by atoms with Gasteiger partial charge in [0.15, 0.2) is 8.32 Å². The molecule has 0 rings (SSSR count). The number of hydrogen-bond acceptors (Lipinski definition) is 1. The Hall–Kier alpha value is 0.269. The molecule has 0 spiro atoms. The Morgan fingerprint density at radius 3 is 2.00 bits per heavy atom. The summed E-state index contributed by atoms with van der Waals surface area (Å²) in [6.07, 6.45) is 5.83. The summed E-state index contributed by atoms with van der Waals surface area (Å²) in [7, 11) is -1.52. The van der Waals surface area contributed by atoms with Gasteiger partial charge >= 0.3 is 14.1 Å². The molecule has 1 nitrogen and oxygen atoms in total. The minimum atomic E-state index is -1.52. The van der Waals surface area contributed by atoms with E-state index in [9.17, 15) is 0 Å². The molecule has 0 fully saturated rings. The summed E-state index contributed by atoms with van der Waals surface area (Å²) in [4.78, 5) is 3.42. The minimum Gasteiger partial charge on any atom is -0.412 e. The first-order chi connectivity index (χ1) is 9.87. The first-order valence-corrected chi connectivity index (χ1v) is 14.5. The smallest absolute Gasteiger partial charge is 0.369 e. The second kappa shape index (κ2) is 10.9. The summed E-state index contributed by atoms with van der Waals surface area (Å²) in [5.41, 5.74) is 0.0531. The topological polar surface area (TPSA) is 9.23 Å². The Labute approximate surface area is 139 Å². The van der Waals surface area contributed by atoms with Crippen LogP contribution in [0.5, 0.6) is 0 Å². The molecule has 3 heteroatoms. The first kappa shape index (κ1) is 21.3. The molecule has 0 amide bonds. The van der Waals surface area contributed by atoms with Crippen molar-refractivity contribution >= 4 is 22.5 Å². The highest BCUT2D eigenvalue weighted by Crippen LogP contribution is 2.33. The highest BCUT2D eigenvalue weighted by atomic mass is 28.4. The van der Waals surface area contributed by atoms with Crippen molar-refractivity contribution in [2.75, 3.05) is 0 Å². The van der Waals surface area contributed by atoms with E-state index in [-0.39, 0.29) is 5.60 Å². The second-order valence-electron chi connectivity index (χ2n) is 6.88. The lowest BCUT2D eigenvalue weighted by Gasteiger charge is -2.40. The Kier molecular flexibility index (Phi) is 11.0. The molecular weight excluding hydrogens is 287 g/mol. The van der Waals surface area contributed by atoms with Gasteiger partial charge in [-0.25, -0.2) is 4.78 Å². The zero-order valence-electron chi connectivity index (χ0n) is 15.6. The molecule has 0 bridgehead atoms. The fraction of sp³-hybridized carbons (Fsp3) is 0.889. The lowest BCUT2D eigenvalue weighted by molar-refractivity contribution is 0.0562. The van der Waals surface area contributed by atoms with Crippen LogP contribution in [-0.4, -0.2) is 28.1 Å². The number of hydrogen-bond donors (Lipinski definition) is 0. The van der Waals surface area contributed by atoms with Crippen LogP contribution in [0.2, 0.25) is 29.7 Å². The molecule has 0 saturated heterocycles. The summed E-state index contributed by atoms with van der Waals surface area (Å²) >= 11 is -0.732. The molecule has 21 heavy (non-hydrogen) atoms. The third-order valence-electron chi connectivity index (χ3n) is 4.62. The molecule has 122 valence electrons. The molecule has 0 radical (unpaired) electrons. The molecule has 0 saturated carbocycles. The van der Waals surface area contributed by atoms with Gasteiger partial charge in [0.1, 0.15) is 0 Å². The maximum atomic E-state index is 6.86. The van der Waals surface area contributed by atoms with E-state index in [1.165, 1.54) is 37.4 Å². The van der Waals surface area contributed by atoms with E-state index in [0.717, 1.165) is 12.8 Å². The average molecular weight is 325 g/mol. The van der Waals surface area contributed by atoms with Crippen LogP contribution in [0.4, 0.5) is 0 Å². The monoisotopic (exact) mass is 324 g/mol. The van der Waals surface area contributed by atoms with Crippen molar-refractivity contribution in [3.05, 3.63) is 0 Å². The standard InChI is InChI=1S/C16H31OSi.2CH3.Al/c1-7-12-14-16(6,15-13-8-2)17-18(9-3,10-4)11-5;;;/h7,9-15H2,1,3-6H3;2*1H3;. The van der Waals surface area contributed by atoms with Crippen LogP contribution >= 0.6 is 0 Å². The van der Waals surface area contributed by atoms with Gasteiger partial charge in [0.2, 0.25) is 0 Å². The van der Waals surface area contributed by atoms with Crippen LogP contribution in [0.15, 0.2) is 0 Å². The first-order valence-electron chi connectivity index (χ1n) is 9.05. The Morgan fingerprint density at radius 2 is 1.57 bits per heavy atom. The van der Waals surface area contributed by atoms with Crippen LogP contribution < -0.4 is 0 Å². The largest absolute Gasteiger partial charge is 0.412 e. The Balaban J connectivity index is 4.86. The van der Waals surface area contributed by atoms with Gasteiger partial charge in [-0.2, -0.15) is 0 Å². The lowest BCUT2D eigenvalue weighted by atomic mass is 9.94. The summed E-state index contributed by atoms with van der Waals surface area (Å²) in [6.45, 7) is 11.6. The molecule has 1 unspecified atom stereocenters. The predicted molar refractivity (Wildman–Crippen MR) is 101 cm³/mol. The van der Waals surface area contributed by atoms with Gasteiger partial charge in [0.25, 0.3) is 0 Å². The van der Waals surface area contributed by atoms with Gasteiger partial charge in [-0.1, -0.05) is 52.1 Å². The summed E-state index contributed by atoms with van der Waals surface area (Å²) in [6, 6.07) is 3.73. The maximum absolute atomic E-state index is 6.86. The van der Waals surface area contributed by atoms with Gasteiger partial charge in [-0.15, -0.1) is 5.92 Å². The predicted octanol–water partition coefficient (Wildman–Crippen LogP) is 6.03. The molecule has 0 aromatic rings. The fourth-order valence-electron chi connectivity index (χ4n) is 2.87. The van der Waals surface area contributed by atoms with Crippen LogP contribution in [-0.2, 0) is 4.43 Å². The third kappa shape index (κ3) is 8.47. The molecule has 0 aliphatic carbocycles. The SMILES string of the molecule is CCCCC(C)(CCC#[C][Al]([CH3])[CH3])O[Si](CC)(CC)CC. The van der Waals surface area contributed by atoms with E-state index >= 15 is 0 Å². The van der Waals surface area contributed by atoms with Crippen LogP contribution in [0.25, 0.3) is 0 Å². The highest BCUT2D eigenvalue weighted by molar-refractivity contribution is 6.73. The number of rotatable bonds is 10. The van der Waals surface area contributed by atoms with Crippen molar-refractivity contribution in [3.8, 4) is 10.7 Å². The fourth-order valence-corrected chi connectivity index (χ4v) is 6.61. The molecule has 0 N–H and O–H groups in total. The third-order valence-corrected chi connectivity index (χ3v) is 10.2. The molecule has 0 aromatic heterocycles. The van der Waals surface area contributed by atoms with Crippen molar-refractivity contribution in [1.29, 1.82) is 0 Å². The second-order valence-corrected chi connectivity index (χ2v) is 14.2. The molecule has 0 aromatic carbocycles. The molecule has 0 aliphatic rings. The summed E-state index contributed by atoms with van der Waals surface area (Å²) in [5.74, 6) is 7.99. The lowest BCUT2D eigenvalue weighted by Crippen LogP contribution is -2.45. The average Bonchev–Trinajstić information content (AvgIpc) is 2.47. The number of unbranched alkanes of at least 4 members (excludes halogenated alkanes) is 1. The molecule has 0 aliphatic heterocycles. The minimum absolute atomic E-state index is 0.0531. The zero-order valence-corrected chi connectivity index (χ0v) is 17.8. The van der Waals surface area contributed by atoms with Gasteiger partial charge < -0.3 is 4.43 Å². The van der Waals surface area contributed by atoms with Gasteiger partial charge in [-0.3, -0.25) is 0 Å². The van der Waals surface area contributed by atoms with E-state index in [4.69, 9.17) is 4.43 Å². The van der Waals surface area contributed by atoms with Crippen LogP contribution in [0.1, 0.15) is 66.7 Å². The van der Waals surface area contributed by atoms with E-state index in [0.29, 0.717) is 0 Å². The quantitative estimate of drug-likeness (QED) is 0.352. The van der Waals surface area contributed by atoms with Gasteiger partial charge in [0.05, 0.1) is 5.60 Å². The van der Waals surface area contributed by atoms with Crippen molar-refractivity contribution < 1.29 is 4.43 Å². The van der Waals surface area contributed by atoms with Crippen molar-refractivity contribution in [2.45, 2.75) is 102 Å². The van der Waals surface area contributed by atoms with E-state index in [1.807, 2.05) is 0 Å². The van der Waals surface area contributed by atoms with Crippen LogP contribution in [0, 0.1) is 10.7 Å². The molecule has 1 atom stereocenters. The summed E-state index contributed by atoms with van der Waals surface area (Å²) in [5, 5.41) is 0. The zero-order chi connectivity index (χ0) is 16.4. The Bertz CT molecular complexity index is 320. The maximum Gasteiger partial charge on any atom is 0.369 e. The molecule has 0 heterocycles. The van der Waals surface area contributed by atoms with E-state index in [2.05, 4.69) is 56.9 Å². The van der Waals surface area contributed by atoms with E-state index in [1.54, 1.807) is 0 Å². The summed E-state index contributed by atoms with van der Waals surface area (Å²) < 4.78 is 6.86. The van der Waals surface area contributed by atoms with Crippen molar-refractivity contribution in [2.24, 2.45) is 0 Å². The normalized spacial score (nSPS) is 14.2. The van der Waals surface area contributed by atoms with Crippen molar-refractivity contribution in [1.82, 2.24) is 0 Å². The van der Waals surface area contributed by atoms with E-state index < -0.39 is 22.5 Å². The van der Waals surface area contributed by atoms with Gasteiger partial charge in [-0.05, 0) is 37.9 Å². The van der Waals surface area contributed by atoms with Crippen LogP contribution in [0.3, 0.4) is 0 Å². The highest BCUT2D eigenvalue weighted by Gasteiger charge is 2.37. The van der Waals surface area contributed by atoms with Crippen molar-refractivity contribution in [3.63, 3.8) is 0 Å². The Morgan fingerprint density at radius 1 is 1.00 bits per heavy atom. The molecular formula is C18H37AlOSi.